The molecule has 1 saturated heterocycles. The number of thiocarbonyl (C=S) groups is 1. The van der Waals surface area contributed by atoms with E-state index in [4.69, 9.17) is 18.0 Å². The summed E-state index contributed by atoms with van der Waals surface area (Å²) in [5.74, 6) is 1.16. The van der Waals surface area contributed by atoms with E-state index in [1.54, 1.807) is 0 Å². The Morgan fingerprint density at radius 1 is 1.58 bits per heavy atom. The molecule has 1 aromatic heterocycles. The molecule has 3 N–H and O–H groups in total. The standard InChI is InChI=1S/C14H21N3OS/c1-8-6-9(2)16-14(12(8)13(15)19)17-5-4-11(7-17)10(3)18/h6,10-11,18H,4-5,7H2,1-3H3,(H2,15,19). The zero-order chi connectivity index (χ0) is 14.2. The number of anilines is 1. The van der Waals surface area contributed by atoms with Crippen LogP contribution in [0.2, 0.25) is 0 Å². The molecule has 1 aliphatic heterocycles. The van der Waals surface area contributed by atoms with E-state index in [-0.39, 0.29) is 6.10 Å². The molecular formula is C14H21N3OS. The van der Waals surface area contributed by atoms with Gasteiger partial charge in [-0.1, -0.05) is 12.2 Å². The van der Waals surface area contributed by atoms with Gasteiger partial charge in [0.25, 0.3) is 0 Å². The molecule has 0 bridgehead atoms. The van der Waals surface area contributed by atoms with Gasteiger partial charge in [0.2, 0.25) is 0 Å². The van der Waals surface area contributed by atoms with E-state index in [2.05, 4.69) is 9.88 Å². The van der Waals surface area contributed by atoms with Crippen molar-refractivity contribution in [2.24, 2.45) is 11.7 Å². The number of hydrogen-bond donors (Lipinski definition) is 2. The number of pyridine rings is 1. The Kier molecular flexibility index (Phi) is 4.06. The van der Waals surface area contributed by atoms with Crippen LogP contribution in [0.1, 0.15) is 30.2 Å². The molecule has 0 aliphatic carbocycles. The number of aromatic nitrogens is 1. The topological polar surface area (TPSA) is 62.4 Å². The van der Waals surface area contributed by atoms with Gasteiger partial charge >= 0.3 is 0 Å². The van der Waals surface area contributed by atoms with E-state index in [0.717, 1.165) is 42.1 Å². The molecule has 2 rings (SSSR count). The minimum atomic E-state index is -0.288. The van der Waals surface area contributed by atoms with Crippen LogP contribution >= 0.6 is 12.2 Å². The van der Waals surface area contributed by atoms with E-state index in [1.165, 1.54) is 0 Å². The number of hydrogen-bond acceptors (Lipinski definition) is 4. The number of aliphatic hydroxyl groups is 1. The lowest BCUT2D eigenvalue weighted by Crippen LogP contribution is -2.28. The minimum absolute atomic E-state index is 0.288. The molecule has 1 aliphatic rings. The van der Waals surface area contributed by atoms with Crippen LogP contribution in [0.5, 0.6) is 0 Å². The van der Waals surface area contributed by atoms with Gasteiger partial charge in [-0.2, -0.15) is 0 Å². The highest BCUT2D eigenvalue weighted by molar-refractivity contribution is 7.80. The summed E-state index contributed by atoms with van der Waals surface area (Å²) < 4.78 is 0. The van der Waals surface area contributed by atoms with E-state index in [9.17, 15) is 5.11 Å². The molecule has 0 amide bonds. The summed E-state index contributed by atoms with van der Waals surface area (Å²) in [6, 6.07) is 2.00. The van der Waals surface area contributed by atoms with Gasteiger partial charge < -0.3 is 15.7 Å². The first kappa shape index (κ1) is 14.2. The van der Waals surface area contributed by atoms with Crippen molar-refractivity contribution in [1.82, 2.24) is 4.98 Å². The van der Waals surface area contributed by atoms with Crippen molar-refractivity contribution in [3.8, 4) is 0 Å². The van der Waals surface area contributed by atoms with Gasteiger partial charge in [0.1, 0.15) is 10.8 Å². The predicted octanol–water partition coefficient (Wildman–Crippen LogP) is 1.54. The molecule has 4 nitrogen and oxygen atoms in total. The maximum Gasteiger partial charge on any atom is 0.139 e. The largest absolute Gasteiger partial charge is 0.393 e. The highest BCUT2D eigenvalue weighted by atomic mass is 32.1. The van der Waals surface area contributed by atoms with E-state index >= 15 is 0 Å². The van der Waals surface area contributed by atoms with Gasteiger partial charge in [-0.3, -0.25) is 0 Å². The Hall–Kier alpha value is -1.20. The molecule has 0 aromatic carbocycles. The number of nitrogens with zero attached hydrogens (tertiary/aromatic N) is 2. The number of aryl methyl sites for hydroxylation is 2. The monoisotopic (exact) mass is 279 g/mol. The molecule has 2 unspecified atom stereocenters. The average molecular weight is 279 g/mol. The highest BCUT2D eigenvalue weighted by Gasteiger charge is 2.29. The van der Waals surface area contributed by atoms with Gasteiger partial charge in [-0.15, -0.1) is 0 Å². The van der Waals surface area contributed by atoms with Crippen LogP contribution in [0.15, 0.2) is 6.07 Å². The lowest BCUT2D eigenvalue weighted by atomic mass is 10.0. The quantitative estimate of drug-likeness (QED) is 0.822. The van der Waals surface area contributed by atoms with Gasteiger partial charge in [0.05, 0.1) is 11.7 Å². The summed E-state index contributed by atoms with van der Waals surface area (Å²) in [7, 11) is 0. The molecule has 5 heteroatoms. The molecule has 2 heterocycles. The van der Waals surface area contributed by atoms with Crippen molar-refractivity contribution in [3.05, 3.63) is 22.9 Å². The van der Waals surface area contributed by atoms with Crippen molar-refractivity contribution in [3.63, 3.8) is 0 Å². The second-order valence-electron chi connectivity index (χ2n) is 5.38. The molecule has 1 aromatic rings. The first-order valence-electron chi connectivity index (χ1n) is 6.61. The van der Waals surface area contributed by atoms with Gasteiger partial charge in [-0.25, -0.2) is 4.98 Å². The number of nitrogens with two attached hydrogens (primary N) is 1. The summed E-state index contributed by atoms with van der Waals surface area (Å²) in [5.41, 5.74) is 8.74. The summed E-state index contributed by atoms with van der Waals surface area (Å²) >= 11 is 5.16. The molecule has 104 valence electrons. The molecule has 0 saturated carbocycles. The van der Waals surface area contributed by atoms with Crippen LogP contribution in [-0.2, 0) is 0 Å². The van der Waals surface area contributed by atoms with Crippen LogP contribution in [-0.4, -0.2) is 34.3 Å². The van der Waals surface area contributed by atoms with Crippen LogP contribution in [0.25, 0.3) is 0 Å². The van der Waals surface area contributed by atoms with Crippen molar-refractivity contribution in [2.75, 3.05) is 18.0 Å². The van der Waals surface area contributed by atoms with Gasteiger partial charge in [0, 0.05) is 24.7 Å². The smallest absolute Gasteiger partial charge is 0.139 e. The molecular weight excluding hydrogens is 258 g/mol. The fourth-order valence-electron chi connectivity index (χ4n) is 2.72. The number of aliphatic hydroxyl groups excluding tert-OH is 1. The Labute approximate surface area is 119 Å². The maximum absolute atomic E-state index is 9.71. The summed E-state index contributed by atoms with van der Waals surface area (Å²) in [5, 5.41) is 9.71. The third-order valence-electron chi connectivity index (χ3n) is 3.78. The first-order valence-corrected chi connectivity index (χ1v) is 7.02. The highest BCUT2D eigenvalue weighted by Crippen LogP contribution is 2.29. The summed E-state index contributed by atoms with van der Waals surface area (Å²) in [6.45, 7) is 7.53. The van der Waals surface area contributed by atoms with E-state index in [0.29, 0.717) is 10.9 Å². The fraction of sp³-hybridized carbons (Fsp3) is 0.571. The second-order valence-corrected chi connectivity index (χ2v) is 5.82. The normalized spacial score (nSPS) is 20.6. The predicted molar refractivity (Wildman–Crippen MR) is 81.6 cm³/mol. The zero-order valence-electron chi connectivity index (χ0n) is 11.7. The second kappa shape index (κ2) is 5.43. The third kappa shape index (κ3) is 2.87. The van der Waals surface area contributed by atoms with Crippen molar-refractivity contribution in [2.45, 2.75) is 33.3 Å². The number of rotatable bonds is 3. The average Bonchev–Trinajstić information content (AvgIpc) is 2.76. The molecule has 0 spiro atoms. The Morgan fingerprint density at radius 2 is 2.26 bits per heavy atom. The Morgan fingerprint density at radius 3 is 2.79 bits per heavy atom. The van der Waals surface area contributed by atoms with Crippen molar-refractivity contribution in [1.29, 1.82) is 0 Å². The van der Waals surface area contributed by atoms with E-state index in [1.807, 2.05) is 26.8 Å². The Bertz CT molecular complexity index is 502. The Balaban J connectivity index is 2.37. The van der Waals surface area contributed by atoms with Crippen LogP contribution in [0.3, 0.4) is 0 Å². The van der Waals surface area contributed by atoms with Gasteiger partial charge in [-0.05, 0) is 38.8 Å². The molecule has 0 radical (unpaired) electrons. The lowest BCUT2D eigenvalue weighted by Gasteiger charge is -2.23. The maximum atomic E-state index is 9.71. The zero-order valence-corrected chi connectivity index (χ0v) is 12.5. The van der Waals surface area contributed by atoms with E-state index < -0.39 is 0 Å². The van der Waals surface area contributed by atoms with Crippen molar-refractivity contribution < 1.29 is 5.11 Å². The molecule has 2 atom stereocenters. The summed E-state index contributed by atoms with van der Waals surface area (Å²) in [6.07, 6.45) is 0.688. The van der Waals surface area contributed by atoms with Crippen LogP contribution in [0, 0.1) is 19.8 Å². The lowest BCUT2D eigenvalue weighted by molar-refractivity contribution is 0.136. The van der Waals surface area contributed by atoms with Crippen LogP contribution in [0.4, 0.5) is 5.82 Å². The fourth-order valence-corrected chi connectivity index (χ4v) is 2.98. The summed E-state index contributed by atoms with van der Waals surface area (Å²) in [4.78, 5) is 7.18. The van der Waals surface area contributed by atoms with Gasteiger partial charge in [0.15, 0.2) is 0 Å². The SMILES string of the molecule is Cc1cc(C)c(C(N)=S)c(N2CCC(C(C)O)C2)n1. The van der Waals surface area contributed by atoms with Crippen molar-refractivity contribution >= 4 is 23.0 Å². The minimum Gasteiger partial charge on any atom is -0.393 e. The van der Waals surface area contributed by atoms with Crippen LogP contribution < -0.4 is 10.6 Å². The third-order valence-corrected chi connectivity index (χ3v) is 3.98. The first-order chi connectivity index (χ1) is 8.90. The molecule has 19 heavy (non-hydrogen) atoms. The molecule has 1 fully saturated rings.